The lowest BCUT2D eigenvalue weighted by molar-refractivity contribution is -0.144. The molecule has 0 aromatic carbocycles. The molecular formula is C14H22ClN3O2. The molecular weight excluding hydrogens is 278 g/mol. The van der Waals surface area contributed by atoms with Crippen LogP contribution in [0.4, 0.5) is 0 Å². The Morgan fingerprint density at radius 3 is 2.80 bits per heavy atom. The fourth-order valence-electron chi connectivity index (χ4n) is 2.28. The van der Waals surface area contributed by atoms with Crippen LogP contribution >= 0.6 is 11.6 Å². The van der Waals surface area contributed by atoms with E-state index in [2.05, 4.69) is 10.4 Å². The van der Waals surface area contributed by atoms with Crippen molar-refractivity contribution in [1.82, 2.24) is 15.1 Å². The van der Waals surface area contributed by atoms with Gasteiger partial charge in [0.15, 0.2) is 0 Å². The third-order valence-electron chi connectivity index (χ3n) is 3.77. The second kappa shape index (κ2) is 6.14. The van der Waals surface area contributed by atoms with Crippen LogP contribution in [0.5, 0.6) is 0 Å². The second-order valence-electron chi connectivity index (χ2n) is 5.84. The number of carboxylic acid groups (broad SMARTS) is 1. The van der Waals surface area contributed by atoms with Crippen molar-refractivity contribution < 1.29 is 9.90 Å². The molecule has 0 bridgehead atoms. The zero-order valence-corrected chi connectivity index (χ0v) is 12.8. The maximum absolute atomic E-state index is 11.4. The van der Waals surface area contributed by atoms with Crippen LogP contribution in [0.25, 0.3) is 0 Å². The van der Waals surface area contributed by atoms with Crippen molar-refractivity contribution in [3.05, 3.63) is 16.9 Å². The normalized spacial score (nSPS) is 17.9. The summed E-state index contributed by atoms with van der Waals surface area (Å²) in [6.45, 7) is 4.43. The Morgan fingerprint density at radius 1 is 1.60 bits per heavy atom. The van der Waals surface area contributed by atoms with Gasteiger partial charge in [0, 0.05) is 18.8 Å². The summed E-state index contributed by atoms with van der Waals surface area (Å²) in [5, 5.41) is 17.6. The third kappa shape index (κ3) is 3.96. The molecule has 6 heteroatoms. The minimum absolute atomic E-state index is 0.392. The quantitative estimate of drug-likeness (QED) is 0.724. The molecule has 0 aliphatic heterocycles. The maximum Gasteiger partial charge on any atom is 0.323 e. The van der Waals surface area contributed by atoms with Gasteiger partial charge in [-0.25, -0.2) is 0 Å². The number of hydrogen-bond donors (Lipinski definition) is 2. The van der Waals surface area contributed by atoms with Gasteiger partial charge in [-0.1, -0.05) is 11.6 Å². The van der Waals surface area contributed by atoms with Crippen LogP contribution in [0.3, 0.4) is 0 Å². The van der Waals surface area contributed by atoms with Crippen LogP contribution < -0.4 is 5.32 Å². The van der Waals surface area contributed by atoms with Crippen LogP contribution in [0.15, 0.2) is 6.20 Å². The lowest BCUT2D eigenvalue weighted by Gasteiger charge is -2.26. The van der Waals surface area contributed by atoms with Crippen molar-refractivity contribution in [3.63, 3.8) is 0 Å². The standard InChI is InChI=1S/C14H22ClN3O2/c1-10-12(15)9-18(17-10)8-4-3-7-14(2,13(19)20)16-11-5-6-11/h9,11,16H,3-8H2,1-2H3,(H,19,20). The molecule has 1 atom stereocenters. The summed E-state index contributed by atoms with van der Waals surface area (Å²) in [5.74, 6) is -0.762. The summed E-state index contributed by atoms with van der Waals surface area (Å²) in [7, 11) is 0. The molecule has 1 aliphatic carbocycles. The molecule has 1 aromatic heterocycles. The highest BCUT2D eigenvalue weighted by molar-refractivity contribution is 6.31. The van der Waals surface area contributed by atoms with Crippen LogP contribution in [-0.4, -0.2) is 32.4 Å². The molecule has 2 N–H and O–H groups in total. The Kier molecular flexibility index (Phi) is 4.70. The Hall–Kier alpha value is -1.07. The fourth-order valence-corrected chi connectivity index (χ4v) is 2.43. The van der Waals surface area contributed by atoms with Gasteiger partial charge in [-0.3, -0.25) is 14.8 Å². The van der Waals surface area contributed by atoms with Gasteiger partial charge in [0.25, 0.3) is 0 Å². The predicted octanol–water partition coefficient (Wildman–Crippen LogP) is 2.61. The summed E-state index contributed by atoms with van der Waals surface area (Å²) < 4.78 is 1.82. The molecule has 0 spiro atoms. The number of unbranched alkanes of at least 4 members (excludes halogenated alkanes) is 1. The van der Waals surface area contributed by atoms with Crippen molar-refractivity contribution >= 4 is 17.6 Å². The Balaban J connectivity index is 1.76. The first-order valence-electron chi connectivity index (χ1n) is 7.11. The largest absolute Gasteiger partial charge is 0.480 e. The number of rotatable bonds is 8. The molecule has 0 amide bonds. The number of nitrogens with zero attached hydrogens (tertiary/aromatic N) is 2. The van der Waals surface area contributed by atoms with E-state index >= 15 is 0 Å². The highest BCUT2D eigenvalue weighted by Crippen LogP contribution is 2.25. The van der Waals surface area contributed by atoms with E-state index in [1.165, 1.54) is 0 Å². The second-order valence-corrected chi connectivity index (χ2v) is 6.25. The lowest BCUT2D eigenvalue weighted by Crippen LogP contribution is -2.50. The van der Waals surface area contributed by atoms with Gasteiger partial charge in [0.2, 0.25) is 0 Å². The van der Waals surface area contributed by atoms with Crippen LogP contribution in [0, 0.1) is 6.92 Å². The van der Waals surface area contributed by atoms with Crippen molar-refractivity contribution in [2.45, 2.75) is 64.1 Å². The maximum atomic E-state index is 11.4. The van der Waals surface area contributed by atoms with Crippen molar-refractivity contribution in [3.8, 4) is 0 Å². The Morgan fingerprint density at radius 2 is 2.30 bits per heavy atom. The first-order valence-corrected chi connectivity index (χ1v) is 7.49. The Bertz CT molecular complexity index is 465. The fraction of sp³-hybridized carbons (Fsp3) is 0.714. The lowest BCUT2D eigenvalue weighted by atomic mass is 9.94. The minimum Gasteiger partial charge on any atom is -0.480 e. The topological polar surface area (TPSA) is 67.2 Å². The number of halogens is 1. The average Bonchev–Trinajstić information content (AvgIpc) is 3.11. The van der Waals surface area contributed by atoms with Gasteiger partial charge in [-0.2, -0.15) is 5.10 Å². The molecule has 1 fully saturated rings. The summed E-state index contributed by atoms with van der Waals surface area (Å²) >= 11 is 5.95. The Labute approximate surface area is 124 Å². The molecule has 112 valence electrons. The zero-order chi connectivity index (χ0) is 14.8. The van der Waals surface area contributed by atoms with Gasteiger partial charge in [-0.15, -0.1) is 0 Å². The van der Waals surface area contributed by atoms with E-state index in [0.29, 0.717) is 17.5 Å². The summed E-state index contributed by atoms with van der Waals surface area (Å²) in [4.78, 5) is 11.4. The number of nitrogens with one attached hydrogen (secondary N) is 1. The molecule has 1 saturated carbocycles. The van der Waals surface area contributed by atoms with Gasteiger partial charge in [-0.05, 0) is 46.0 Å². The average molecular weight is 300 g/mol. The van der Waals surface area contributed by atoms with E-state index in [4.69, 9.17) is 11.6 Å². The van der Waals surface area contributed by atoms with Gasteiger partial charge in [0.05, 0.1) is 10.7 Å². The minimum atomic E-state index is -0.807. The number of carboxylic acids is 1. The molecule has 0 saturated heterocycles. The van der Waals surface area contributed by atoms with E-state index < -0.39 is 11.5 Å². The monoisotopic (exact) mass is 299 g/mol. The summed E-state index contributed by atoms with van der Waals surface area (Å²) in [5.41, 5.74) is 0.0243. The van der Waals surface area contributed by atoms with Crippen LogP contribution in [0.1, 0.15) is 44.7 Å². The van der Waals surface area contributed by atoms with Crippen LogP contribution in [-0.2, 0) is 11.3 Å². The van der Waals surface area contributed by atoms with Gasteiger partial charge < -0.3 is 5.11 Å². The number of aliphatic carboxylic acids is 1. The smallest absolute Gasteiger partial charge is 0.323 e. The van der Waals surface area contributed by atoms with E-state index in [-0.39, 0.29) is 0 Å². The summed E-state index contributed by atoms with van der Waals surface area (Å²) in [6.07, 6.45) is 6.37. The van der Waals surface area contributed by atoms with E-state index in [9.17, 15) is 9.90 Å². The van der Waals surface area contributed by atoms with Gasteiger partial charge in [0.1, 0.15) is 5.54 Å². The van der Waals surface area contributed by atoms with Crippen molar-refractivity contribution in [2.75, 3.05) is 0 Å². The van der Waals surface area contributed by atoms with Crippen molar-refractivity contribution in [1.29, 1.82) is 0 Å². The first-order chi connectivity index (χ1) is 9.40. The van der Waals surface area contributed by atoms with E-state index in [0.717, 1.165) is 37.9 Å². The van der Waals surface area contributed by atoms with E-state index in [1.54, 1.807) is 6.92 Å². The highest BCUT2D eigenvalue weighted by atomic mass is 35.5. The van der Waals surface area contributed by atoms with E-state index in [1.807, 2.05) is 17.8 Å². The molecule has 1 unspecified atom stereocenters. The highest BCUT2D eigenvalue weighted by Gasteiger charge is 2.37. The zero-order valence-electron chi connectivity index (χ0n) is 12.0. The number of hydrogen-bond acceptors (Lipinski definition) is 3. The molecule has 1 aliphatic rings. The molecule has 0 radical (unpaired) electrons. The van der Waals surface area contributed by atoms with Crippen molar-refractivity contribution in [2.24, 2.45) is 0 Å². The molecule has 5 nitrogen and oxygen atoms in total. The predicted molar refractivity (Wildman–Crippen MR) is 78.0 cm³/mol. The summed E-state index contributed by atoms with van der Waals surface area (Å²) in [6, 6.07) is 0.392. The third-order valence-corrected chi connectivity index (χ3v) is 4.14. The molecule has 2 rings (SSSR count). The number of aromatic nitrogens is 2. The first kappa shape index (κ1) is 15.3. The number of aryl methyl sites for hydroxylation is 2. The van der Waals surface area contributed by atoms with Crippen LogP contribution in [0.2, 0.25) is 5.02 Å². The number of carbonyl (C=O) groups is 1. The SMILES string of the molecule is Cc1nn(CCCCC(C)(NC2CC2)C(=O)O)cc1Cl. The van der Waals surface area contributed by atoms with Gasteiger partial charge >= 0.3 is 5.97 Å². The molecule has 20 heavy (non-hydrogen) atoms. The molecule has 1 heterocycles. The molecule has 1 aromatic rings.